The Bertz CT molecular complexity index is 623. The summed E-state index contributed by atoms with van der Waals surface area (Å²) in [5.41, 5.74) is 0.292. The maximum atomic E-state index is 12.1. The van der Waals surface area contributed by atoms with Crippen LogP contribution in [0.4, 0.5) is 14.5 Å². The van der Waals surface area contributed by atoms with Crippen molar-refractivity contribution < 1.29 is 27.9 Å². The van der Waals surface area contributed by atoms with Crippen LogP contribution in [0.5, 0.6) is 5.75 Å². The third kappa shape index (κ3) is 4.62. The molecule has 0 spiro atoms. The molecule has 124 valence electrons. The van der Waals surface area contributed by atoms with E-state index in [2.05, 4.69) is 10.1 Å². The van der Waals surface area contributed by atoms with E-state index in [9.17, 15) is 23.2 Å². The van der Waals surface area contributed by atoms with Gasteiger partial charge in [0.2, 0.25) is 17.7 Å². The van der Waals surface area contributed by atoms with E-state index in [1.54, 1.807) is 0 Å². The first-order chi connectivity index (χ1) is 10.9. The highest BCUT2D eigenvalue weighted by Crippen LogP contribution is 2.29. The van der Waals surface area contributed by atoms with Crippen molar-refractivity contribution in [3.05, 3.63) is 23.2 Å². The summed E-state index contributed by atoms with van der Waals surface area (Å²) in [5, 5.41) is 2.43. The molecular weight excluding hydrogens is 334 g/mol. The van der Waals surface area contributed by atoms with Gasteiger partial charge in [0.1, 0.15) is 5.75 Å². The highest BCUT2D eigenvalue weighted by atomic mass is 35.5. The number of carbonyl (C=O) groups excluding carboxylic acids is 3. The molecule has 1 aliphatic rings. The zero-order valence-electron chi connectivity index (χ0n) is 11.9. The third-order valence-electron chi connectivity index (χ3n) is 3.15. The van der Waals surface area contributed by atoms with Crippen LogP contribution >= 0.6 is 11.6 Å². The number of carbonyl (C=O) groups is 3. The number of nitrogens with zero attached hydrogens (tertiary/aromatic N) is 1. The minimum Gasteiger partial charge on any atom is -0.433 e. The smallest absolute Gasteiger partial charge is 0.387 e. The molecule has 1 fully saturated rings. The van der Waals surface area contributed by atoms with Gasteiger partial charge in [0, 0.05) is 31.5 Å². The summed E-state index contributed by atoms with van der Waals surface area (Å²) in [6.45, 7) is -2.99. The van der Waals surface area contributed by atoms with Gasteiger partial charge in [-0.3, -0.25) is 19.3 Å². The number of hydrogen-bond acceptors (Lipinski definition) is 4. The molecule has 1 N–H and O–H groups in total. The quantitative estimate of drug-likeness (QED) is 0.803. The third-order valence-corrected chi connectivity index (χ3v) is 3.44. The van der Waals surface area contributed by atoms with Gasteiger partial charge in [0.05, 0.1) is 5.02 Å². The fraction of sp³-hybridized carbons (Fsp3) is 0.357. The second kappa shape index (κ2) is 7.36. The van der Waals surface area contributed by atoms with Gasteiger partial charge in [0.15, 0.2) is 0 Å². The highest BCUT2D eigenvalue weighted by Gasteiger charge is 2.28. The Kier molecular flexibility index (Phi) is 5.49. The number of likely N-dealkylation sites (tertiary alicyclic amines) is 1. The Morgan fingerprint density at radius 3 is 2.52 bits per heavy atom. The van der Waals surface area contributed by atoms with E-state index in [1.165, 1.54) is 18.2 Å². The van der Waals surface area contributed by atoms with Crippen molar-refractivity contribution in [1.29, 1.82) is 0 Å². The largest absolute Gasteiger partial charge is 0.433 e. The maximum absolute atomic E-state index is 12.1. The van der Waals surface area contributed by atoms with Crippen molar-refractivity contribution in [1.82, 2.24) is 4.90 Å². The summed E-state index contributed by atoms with van der Waals surface area (Å²) < 4.78 is 28.4. The maximum Gasteiger partial charge on any atom is 0.387 e. The first kappa shape index (κ1) is 17.1. The van der Waals surface area contributed by atoms with Gasteiger partial charge in [-0.1, -0.05) is 11.6 Å². The molecule has 1 heterocycles. The number of ether oxygens (including phenoxy) is 1. The van der Waals surface area contributed by atoms with Crippen molar-refractivity contribution in [3.8, 4) is 5.75 Å². The second-order valence-electron chi connectivity index (χ2n) is 4.76. The number of alkyl halides is 2. The average Bonchev–Trinajstić information content (AvgIpc) is 2.78. The number of rotatable bonds is 6. The normalized spacial score (nSPS) is 14.5. The van der Waals surface area contributed by atoms with Crippen LogP contribution < -0.4 is 10.1 Å². The SMILES string of the molecule is O=C(CCN1C(=O)CCC1=O)Nc1ccc(OC(F)F)c(Cl)c1. The number of anilines is 1. The standard InChI is InChI=1S/C14H13ClF2N2O4/c15-9-7-8(1-2-10(9)23-14(16)17)18-11(20)5-6-19-12(21)3-4-13(19)22/h1-2,7,14H,3-6H2,(H,18,20). The van der Waals surface area contributed by atoms with Crippen LogP contribution in [0.3, 0.4) is 0 Å². The van der Waals surface area contributed by atoms with E-state index in [-0.39, 0.29) is 48.4 Å². The number of halogens is 3. The Morgan fingerprint density at radius 2 is 1.96 bits per heavy atom. The fourth-order valence-electron chi connectivity index (χ4n) is 2.08. The second-order valence-corrected chi connectivity index (χ2v) is 5.17. The molecule has 6 nitrogen and oxygen atoms in total. The topological polar surface area (TPSA) is 75.7 Å². The highest BCUT2D eigenvalue weighted by molar-refractivity contribution is 6.32. The molecule has 0 radical (unpaired) electrons. The molecule has 9 heteroatoms. The Hall–Kier alpha value is -2.22. The van der Waals surface area contributed by atoms with Gasteiger partial charge in [-0.05, 0) is 18.2 Å². The Balaban J connectivity index is 1.89. The molecule has 0 atom stereocenters. The van der Waals surface area contributed by atoms with Crippen molar-refractivity contribution in [2.24, 2.45) is 0 Å². The first-order valence-corrected chi connectivity index (χ1v) is 7.12. The molecule has 1 aromatic rings. The summed E-state index contributed by atoms with van der Waals surface area (Å²) in [7, 11) is 0. The predicted molar refractivity (Wildman–Crippen MR) is 77.3 cm³/mol. The zero-order valence-corrected chi connectivity index (χ0v) is 12.6. The van der Waals surface area contributed by atoms with Crippen LogP contribution in [0.2, 0.25) is 5.02 Å². The lowest BCUT2D eigenvalue weighted by Gasteiger charge is -2.13. The predicted octanol–water partition coefficient (Wildman–Crippen LogP) is 2.42. The molecule has 1 aliphatic heterocycles. The molecule has 0 aromatic heterocycles. The molecule has 1 aromatic carbocycles. The Labute approximate surface area is 135 Å². The molecule has 0 saturated carbocycles. The van der Waals surface area contributed by atoms with Crippen LogP contribution in [0.15, 0.2) is 18.2 Å². The van der Waals surface area contributed by atoms with Crippen molar-refractivity contribution >= 4 is 35.0 Å². The minimum atomic E-state index is -3.00. The van der Waals surface area contributed by atoms with E-state index in [0.29, 0.717) is 5.69 Å². The van der Waals surface area contributed by atoms with Crippen LogP contribution in [-0.4, -0.2) is 35.8 Å². The lowest BCUT2D eigenvalue weighted by molar-refractivity contribution is -0.138. The van der Waals surface area contributed by atoms with Crippen molar-refractivity contribution in [2.45, 2.75) is 25.9 Å². The fourth-order valence-corrected chi connectivity index (χ4v) is 2.30. The van der Waals surface area contributed by atoms with Gasteiger partial charge in [-0.25, -0.2) is 0 Å². The minimum absolute atomic E-state index is 0.00378. The van der Waals surface area contributed by atoms with Crippen LogP contribution in [0.25, 0.3) is 0 Å². The van der Waals surface area contributed by atoms with E-state index >= 15 is 0 Å². The number of amides is 3. The van der Waals surface area contributed by atoms with E-state index in [0.717, 1.165) is 4.90 Å². The molecule has 2 rings (SSSR count). The molecule has 1 saturated heterocycles. The van der Waals surface area contributed by atoms with Gasteiger partial charge in [-0.15, -0.1) is 0 Å². The van der Waals surface area contributed by atoms with E-state index in [4.69, 9.17) is 11.6 Å². The number of nitrogens with one attached hydrogen (secondary N) is 1. The number of imide groups is 1. The number of hydrogen-bond donors (Lipinski definition) is 1. The summed E-state index contributed by atoms with van der Waals surface area (Å²) in [6, 6.07) is 3.83. The van der Waals surface area contributed by atoms with Crippen LogP contribution in [0, 0.1) is 0 Å². The molecule has 0 unspecified atom stereocenters. The van der Waals surface area contributed by atoms with Gasteiger partial charge in [0.25, 0.3) is 0 Å². The van der Waals surface area contributed by atoms with Crippen LogP contribution in [-0.2, 0) is 14.4 Å². The molecule has 0 aliphatic carbocycles. The van der Waals surface area contributed by atoms with Crippen LogP contribution in [0.1, 0.15) is 19.3 Å². The first-order valence-electron chi connectivity index (χ1n) is 6.74. The molecular formula is C14H13ClF2N2O4. The van der Waals surface area contributed by atoms with E-state index < -0.39 is 12.5 Å². The van der Waals surface area contributed by atoms with Crippen molar-refractivity contribution in [3.63, 3.8) is 0 Å². The zero-order chi connectivity index (χ0) is 17.0. The lowest BCUT2D eigenvalue weighted by atomic mass is 10.3. The molecule has 23 heavy (non-hydrogen) atoms. The van der Waals surface area contributed by atoms with Gasteiger partial charge < -0.3 is 10.1 Å². The average molecular weight is 347 g/mol. The Morgan fingerprint density at radius 1 is 1.30 bits per heavy atom. The summed E-state index contributed by atoms with van der Waals surface area (Å²) in [6.07, 6.45) is 0.272. The molecule has 0 bridgehead atoms. The summed E-state index contributed by atoms with van der Waals surface area (Å²) >= 11 is 5.77. The van der Waals surface area contributed by atoms with Crippen molar-refractivity contribution in [2.75, 3.05) is 11.9 Å². The van der Waals surface area contributed by atoms with Gasteiger partial charge >= 0.3 is 6.61 Å². The summed E-state index contributed by atoms with van der Waals surface area (Å²) in [4.78, 5) is 35.7. The van der Waals surface area contributed by atoms with Gasteiger partial charge in [-0.2, -0.15) is 8.78 Å². The lowest BCUT2D eigenvalue weighted by Crippen LogP contribution is -2.32. The van der Waals surface area contributed by atoms with E-state index in [1.807, 2.05) is 0 Å². The number of benzene rings is 1. The summed E-state index contributed by atoms with van der Waals surface area (Å²) in [5.74, 6) is -1.22. The monoisotopic (exact) mass is 346 g/mol. The molecule has 3 amide bonds.